The Labute approximate surface area is 69.6 Å². The van der Waals surface area contributed by atoms with Crippen molar-refractivity contribution in [2.75, 3.05) is 20.7 Å². The molecule has 0 bridgehead atoms. The maximum absolute atomic E-state index is 11.9. The minimum atomic E-state index is -1.08. The van der Waals surface area contributed by atoms with Gasteiger partial charge in [-0.25, -0.2) is 9.18 Å². The van der Waals surface area contributed by atoms with Crippen LogP contribution in [-0.2, 0) is 14.3 Å². The van der Waals surface area contributed by atoms with Gasteiger partial charge in [0.2, 0.25) is 0 Å². The SMILES string of the molecule is C=C(F)COC(=O)C(=O)N(C)C. The van der Waals surface area contributed by atoms with Gasteiger partial charge >= 0.3 is 11.9 Å². The first kappa shape index (κ1) is 10.6. The van der Waals surface area contributed by atoms with Crippen LogP contribution in [0.1, 0.15) is 0 Å². The number of halogens is 1. The zero-order chi connectivity index (χ0) is 9.72. The number of nitrogens with zero attached hydrogens (tertiary/aromatic N) is 1. The van der Waals surface area contributed by atoms with Gasteiger partial charge in [-0.05, 0) is 0 Å². The molecule has 0 heterocycles. The normalized spacial score (nSPS) is 8.92. The number of esters is 1. The van der Waals surface area contributed by atoms with Crippen molar-refractivity contribution in [3.05, 3.63) is 12.4 Å². The Kier molecular flexibility index (Phi) is 3.96. The van der Waals surface area contributed by atoms with Crippen LogP contribution in [0.2, 0.25) is 0 Å². The highest BCUT2D eigenvalue weighted by atomic mass is 19.1. The summed E-state index contributed by atoms with van der Waals surface area (Å²) in [5.74, 6) is -2.70. The van der Waals surface area contributed by atoms with Crippen molar-refractivity contribution in [2.24, 2.45) is 0 Å². The molecular weight excluding hydrogens is 165 g/mol. The molecule has 1 amide bonds. The molecule has 0 N–H and O–H groups in total. The van der Waals surface area contributed by atoms with Gasteiger partial charge in [-0.3, -0.25) is 4.79 Å². The number of hydrogen-bond acceptors (Lipinski definition) is 3. The Balaban J connectivity index is 3.89. The van der Waals surface area contributed by atoms with Crippen molar-refractivity contribution < 1.29 is 18.7 Å². The van der Waals surface area contributed by atoms with Crippen LogP contribution >= 0.6 is 0 Å². The van der Waals surface area contributed by atoms with Crippen LogP contribution in [0.3, 0.4) is 0 Å². The minimum Gasteiger partial charge on any atom is -0.451 e. The standard InChI is InChI=1S/C7H10FNO3/c1-5(8)4-12-7(11)6(10)9(2)3/h1,4H2,2-3H3. The first-order valence-corrected chi connectivity index (χ1v) is 3.17. The van der Waals surface area contributed by atoms with Crippen molar-refractivity contribution in [1.29, 1.82) is 0 Å². The fraction of sp³-hybridized carbons (Fsp3) is 0.429. The summed E-state index contributed by atoms with van der Waals surface area (Å²) in [6, 6.07) is 0. The molecule has 0 saturated carbocycles. The quantitative estimate of drug-likeness (QED) is 0.441. The van der Waals surface area contributed by atoms with E-state index in [4.69, 9.17) is 0 Å². The first-order valence-electron chi connectivity index (χ1n) is 3.17. The van der Waals surface area contributed by atoms with E-state index >= 15 is 0 Å². The molecule has 5 heteroatoms. The van der Waals surface area contributed by atoms with Crippen LogP contribution in [0.15, 0.2) is 12.4 Å². The monoisotopic (exact) mass is 175 g/mol. The fourth-order valence-corrected chi connectivity index (χ4v) is 0.388. The van der Waals surface area contributed by atoms with Gasteiger partial charge in [0.25, 0.3) is 0 Å². The molecule has 12 heavy (non-hydrogen) atoms. The van der Waals surface area contributed by atoms with Crippen LogP contribution < -0.4 is 0 Å². The van der Waals surface area contributed by atoms with Gasteiger partial charge in [0.05, 0.1) is 0 Å². The van der Waals surface area contributed by atoms with E-state index in [2.05, 4.69) is 11.3 Å². The van der Waals surface area contributed by atoms with E-state index in [1.165, 1.54) is 14.1 Å². The highest BCUT2D eigenvalue weighted by Crippen LogP contribution is 1.93. The van der Waals surface area contributed by atoms with Gasteiger partial charge in [0, 0.05) is 14.1 Å². The van der Waals surface area contributed by atoms with E-state index in [1.54, 1.807) is 0 Å². The molecule has 0 aliphatic heterocycles. The Morgan fingerprint density at radius 3 is 2.33 bits per heavy atom. The molecule has 0 unspecified atom stereocenters. The Hall–Kier alpha value is -1.39. The molecule has 0 fully saturated rings. The number of hydrogen-bond donors (Lipinski definition) is 0. The molecule has 0 aromatic rings. The molecule has 0 saturated heterocycles. The highest BCUT2D eigenvalue weighted by Gasteiger charge is 2.17. The summed E-state index contributed by atoms with van der Waals surface area (Å²) in [5, 5.41) is 0. The fourth-order valence-electron chi connectivity index (χ4n) is 0.388. The Morgan fingerprint density at radius 1 is 1.50 bits per heavy atom. The number of rotatable bonds is 2. The van der Waals surface area contributed by atoms with Gasteiger partial charge in [0.1, 0.15) is 12.4 Å². The van der Waals surface area contributed by atoms with Gasteiger partial charge in [-0.15, -0.1) is 0 Å². The van der Waals surface area contributed by atoms with E-state index in [9.17, 15) is 14.0 Å². The van der Waals surface area contributed by atoms with Crippen molar-refractivity contribution in [3.63, 3.8) is 0 Å². The predicted octanol–water partition coefficient (Wildman–Crippen LogP) is 0.101. The smallest absolute Gasteiger partial charge is 0.397 e. The van der Waals surface area contributed by atoms with E-state index in [0.717, 1.165) is 4.90 Å². The van der Waals surface area contributed by atoms with Gasteiger partial charge in [-0.2, -0.15) is 0 Å². The van der Waals surface area contributed by atoms with Crippen molar-refractivity contribution in [1.82, 2.24) is 4.90 Å². The maximum Gasteiger partial charge on any atom is 0.397 e. The van der Waals surface area contributed by atoms with Crippen molar-refractivity contribution >= 4 is 11.9 Å². The molecule has 4 nitrogen and oxygen atoms in total. The summed E-state index contributed by atoms with van der Waals surface area (Å²) in [6.45, 7) is 2.29. The molecule has 68 valence electrons. The summed E-state index contributed by atoms with van der Waals surface area (Å²) in [5.41, 5.74) is 0. The van der Waals surface area contributed by atoms with Crippen LogP contribution in [0, 0.1) is 0 Å². The van der Waals surface area contributed by atoms with Crippen molar-refractivity contribution in [3.8, 4) is 0 Å². The second kappa shape index (κ2) is 4.48. The third kappa shape index (κ3) is 3.70. The van der Waals surface area contributed by atoms with Crippen molar-refractivity contribution in [2.45, 2.75) is 0 Å². The molecule has 0 rings (SSSR count). The average molecular weight is 175 g/mol. The lowest BCUT2D eigenvalue weighted by Crippen LogP contribution is -2.31. The van der Waals surface area contributed by atoms with E-state index in [0.29, 0.717) is 0 Å². The van der Waals surface area contributed by atoms with Gasteiger partial charge < -0.3 is 9.64 Å². The summed E-state index contributed by atoms with van der Waals surface area (Å²) < 4.78 is 16.2. The second-order valence-corrected chi connectivity index (χ2v) is 2.29. The third-order valence-corrected chi connectivity index (χ3v) is 0.941. The molecule has 0 aliphatic rings. The zero-order valence-corrected chi connectivity index (χ0v) is 6.96. The van der Waals surface area contributed by atoms with Crippen LogP contribution in [0.5, 0.6) is 0 Å². The summed E-state index contributed by atoms with van der Waals surface area (Å²) >= 11 is 0. The largest absolute Gasteiger partial charge is 0.451 e. The number of likely N-dealkylation sites (N-methyl/N-ethyl adjacent to an activating group) is 1. The molecule has 0 spiro atoms. The van der Waals surface area contributed by atoms with Crippen LogP contribution in [0.25, 0.3) is 0 Å². The van der Waals surface area contributed by atoms with E-state index in [-0.39, 0.29) is 0 Å². The Morgan fingerprint density at radius 2 is 2.00 bits per heavy atom. The third-order valence-electron chi connectivity index (χ3n) is 0.941. The molecular formula is C7H10FNO3. The van der Waals surface area contributed by atoms with Crippen LogP contribution in [-0.4, -0.2) is 37.5 Å². The average Bonchev–Trinajstić information content (AvgIpc) is 1.98. The van der Waals surface area contributed by atoms with Gasteiger partial charge in [-0.1, -0.05) is 6.58 Å². The lowest BCUT2D eigenvalue weighted by atomic mass is 10.5. The summed E-state index contributed by atoms with van der Waals surface area (Å²) in [6.07, 6.45) is 0. The molecule has 0 aromatic carbocycles. The Bertz CT molecular complexity index is 213. The first-order chi connectivity index (χ1) is 5.45. The highest BCUT2D eigenvalue weighted by molar-refractivity contribution is 6.32. The number of carbonyl (C=O) groups excluding carboxylic acids is 2. The number of amides is 1. The maximum atomic E-state index is 11.9. The number of ether oxygens (including phenoxy) is 1. The van der Waals surface area contributed by atoms with Gasteiger partial charge in [0.15, 0.2) is 0 Å². The second-order valence-electron chi connectivity index (χ2n) is 2.29. The van der Waals surface area contributed by atoms with E-state index < -0.39 is 24.3 Å². The summed E-state index contributed by atoms with van der Waals surface area (Å²) in [7, 11) is 2.79. The zero-order valence-electron chi connectivity index (χ0n) is 6.96. The van der Waals surface area contributed by atoms with E-state index in [1.807, 2.05) is 0 Å². The minimum absolute atomic E-state index is 0.571. The molecule has 0 radical (unpaired) electrons. The molecule has 0 atom stereocenters. The topological polar surface area (TPSA) is 46.6 Å². The summed E-state index contributed by atoms with van der Waals surface area (Å²) in [4.78, 5) is 22.5. The van der Waals surface area contributed by atoms with Crippen LogP contribution in [0.4, 0.5) is 4.39 Å². The molecule has 0 aromatic heterocycles. The lowest BCUT2D eigenvalue weighted by molar-refractivity contribution is -0.158. The number of carbonyl (C=O) groups is 2. The predicted molar refractivity (Wildman–Crippen MR) is 39.9 cm³/mol. The molecule has 0 aliphatic carbocycles. The lowest BCUT2D eigenvalue weighted by Gasteiger charge is -2.08.